The Labute approximate surface area is 174 Å². The number of amides is 3. The van der Waals surface area contributed by atoms with E-state index in [4.69, 9.17) is 4.74 Å². The van der Waals surface area contributed by atoms with E-state index in [1.807, 2.05) is 35.4 Å². The second-order valence-corrected chi connectivity index (χ2v) is 7.46. The number of urea groups is 1. The summed E-state index contributed by atoms with van der Waals surface area (Å²) in [5.74, 6) is 0.499. The van der Waals surface area contributed by atoms with Crippen molar-refractivity contribution in [3.8, 4) is 11.3 Å². The number of likely N-dealkylation sites (tertiary alicyclic amines) is 1. The van der Waals surface area contributed by atoms with Crippen LogP contribution in [0.5, 0.6) is 0 Å². The van der Waals surface area contributed by atoms with Gasteiger partial charge in [-0.3, -0.25) is 9.72 Å². The lowest BCUT2D eigenvalue weighted by Crippen LogP contribution is -2.32. The molecule has 9 heteroatoms. The largest absolute Gasteiger partial charge is 0.447 e. The third kappa shape index (κ3) is 4.51. The highest BCUT2D eigenvalue weighted by Crippen LogP contribution is 2.23. The molecule has 2 aromatic heterocycles. The zero-order valence-corrected chi connectivity index (χ0v) is 17.0. The first kappa shape index (κ1) is 19.7. The molecule has 3 heterocycles. The van der Waals surface area contributed by atoms with Crippen LogP contribution < -0.4 is 10.6 Å². The van der Waals surface area contributed by atoms with Gasteiger partial charge >= 0.3 is 12.1 Å². The Hall–Kier alpha value is -3.62. The Morgan fingerprint density at radius 1 is 1.10 bits per heavy atom. The zero-order chi connectivity index (χ0) is 21.1. The summed E-state index contributed by atoms with van der Waals surface area (Å²) >= 11 is 0. The van der Waals surface area contributed by atoms with E-state index in [-0.39, 0.29) is 12.1 Å². The molecule has 2 N–H and O–H groups in total. The van der Waals surface area contributed by atoms with Crippen LogP contribution in [0.1, 0.15) is 26.7 Å². The van der Waals surface area contributed by atoms with E-state index >= 15 is 0 Å². The molecule has 0 saturated carbocycles. The fraction of sp³-hybridized carbons (Fsp3) is 0.333. The summed E-state index contributed by atoms with van der Waals surface area (Å²) in [6, 6.07) is 7.46. The molecule has 0 bridgehead atoms. The molecule has 1 saturated heterocycles. The SMILES string of the molecule is CC(C)OC(=O)Nc1cnc2nc(-c3cccc(NC(=O)N4CCCC4)c3)cn2c1. The Kier molecular flexibility index (Phi) is 5.51. The fourth-order valence-corrected chi connectivity index (χ4v) is 3.33. The van der Waals surface area contributed by atoms with Crippen molar-refractivity contribution in [3.05, 3.63) is 42.9 Å². The maximum Gasteiger partial charge on any atom is 0.411 e. The number of benzene rings is 1. The molecule has 0 atom stereocenters. The van der Waals surface area contributed by atoms with Gasteiger partial charge in [0, 0.05) is 36.7 Å². The van der Waals surface area contributed by atoms with Crippen LogP contribution in [0.4, 0.5) is 21.0 Å². The molecule has 1 aliphatic heterocycles. The number of imidazole rings is 1. The first-order chi connectivity index (χ1) is 14.5. The van der Waals surface area contributed by atoms with Gasteiger partial charge in [0.1, 0.15) is 0 Å². The Morgan fingerprint density at radius 3 is 2.67 bits per heavy atom. The molecule has 0 unspecified atom stereocenters. The number of anilines is 2. The maximum atomic E-state index is 12.3. The van der Waals surface area contributed by atoms with E-state index in [0.29, 0.717) is 22.8 Å². The maximum absolute atomic E-state index is 12.3. The van der Waals surface area contributed by atoms with Gasteiger partial charge in [-0.1, -0.05) is 12.1 Å². The molecule has 3 amide bonds. The highest BCUT2D eigenvalue weighted by molar-refractivity contribution is 5.90. The number of carbonyl (C=O) groups is 2. The zero-order valence-electron chi connectivity index (χ0n) is 17.0. The van der Waals surface area contributed by atoms with Gasteiger partial charge in [-0.2, -0.15) is 0 Å². The predicted molar refractivity (Wildman–Crippen MR) is 113 cm³/mol. The van der Waals surface area contributed by atoms with Crippen molar-refractivity contribution in [3.63, 3.8) is 0 Å². The molecule has 0 spiro atoms. The van der Waals surface area contributed by atoms with E-state index in [2.05, 4.69) is 20.6 Å². The summed E-state index contributed by atoms with van der Waals surface area (Å²) in [6.45, 7) is 5.16. The molecule has 4 rings (SSSR count). The first-order valence-electron chi connectivity index (χ1n) is 9.97. The van der Waals surface area contributed by atoms with Crippen LogP contribution in [0.3, 0.4) is 0 Å². The van der Waals surface area contributed by atoms with Crippen LogP contribution in [-0.2, 0) is 4.74 Å². The van der Waals surface area contributed by atoms with Gasteiger partial charge in [-0.15, -0.1) is 0 Å². The Bertz CT molecular complexity index is 1070. The van der Waals surface area contributed by atoms with E-state index in [9.17, 15) is 9.59 Å². The molecule has 0 radical (unpaired) electrons. The molecule has 0 aliphatic carbocycles. The van der Waals surface area contributed by atoms with Crippen molar-refractivity contribution >= 4 is 29.3 Å². The summed E-state index contributed by atoms with van der Waals surface area (Å²) in [5, 5.41) is 5.60. The number of ether oxygens (including phenoxy) is 1. The molecule has 1 aliphatic rings. The molecule has 156 valence electrons. The second-order valence-electron chi connectivity index (χ2n) is 7.46. The molecule has 1 aromatic carbocycles. The van der Waals surface area contributed by atoms with Crippen LogP contribution >= 0.6 is 0 Å². The highest BCUT2D eigenvalue weighted by atomic mass is 16.6. The topological polar surface area (TPSA) is 101 Å². The number of nitrogens with one attached hydrogen (secondary N) is 2. The Balaban J connectivity index is 1.51. The molecule has 30 heavy (non-hydrogen) atoms. The highest BCUT2D eigenvalue weighted by Gasteiger charge is 2.18. The van der Waals surface area contributed by atoms with Crippen molar-refractivity contribution in [1.29, 1.82) is 0 Å². The lowest BCUT2D eigenvalue weighted by Gasteiger charge is -2.16. The van der Waals surface area contributed by atoms with Gasteiger partial charge in [0.15, 0.2) is 0 Å². The summed E-state index contributed by atoms with van der Waals surface area (Å²) < 4.78 is 6.81. The average molecular weight is 408 g/mol. The minimum absolute atomic E-state index is 0.0784. The number of fused-ring (bicyclic) bond motifs is 1. The minimum atomic E-state index is -0.534. The van der Waals surface area contributed by atoms with Gasteiger partial charge in [-0.25, -0.2) is 19.6 Å². The summed E-state index contributed by atoms with van der Waals surface area (Å²) in [5.41, 5.74) is 2.78. The second kappa shape index (κ2) is 8.40. The molecule has 3 aromatic rings. The summed E-state index contributed by atoms with van der Waals surface area (Å²) in [7, 11) is 0. The van der Waals surface area contributed by atoms with Crippen molar-refractivity contribution in [2.75, 3.05) is 23.7 Å². The first-order valence-corrected chi connectivity index (χ1v) is 9.97. The van der Waals surface area contributed by atoms with Gasteiger partial charge in [0.25, 0.3) is 0 Å². The van der Waals surface area contributed by atoms with Crippen LogP contribution in [0.25, 0.3) is 17.0 Å². The van der Waals surface area contributed by atoms with Crippen LogP contribution in [0.15, 0.2) is 42.9 Å². The normalized spacial score (nSPS) is 13.6. The van der Waals surface area contributed by atoms with Gasteiger partial charge in [0.05, 0.1) is 23.7 Å². The number of aromatic nitrogens is 3. The standard InChI is InChI=1S/C21H24N6O3/c1-14(2)30-21(29)24-17-11-22-19-25-18(13-27(19)12-17)15-6-5-7-16(10-15)23-20(28)26-8-3-4-9-26/h5-7,10-14H,3-4,8-9H2,1-2H3,(H,23,28)(H,24,29). The van der Waals surface area contributed by atoms with Crippen LogP contribution in [0.2, 0.25) is 0 Å². The third-order valence-corrected chi connectivity index (χ3v) is 4.70. The van der Waals surface area contributed by atoms with E-state index in [1.54, 1.807) is 24.4 Å². The van der Waals surface area contributed by atoms with E-state index in [0.717, 1.165) is 31.5 Å². The van der Waals surface area contributed by atoms with Crippen molar-refractivity contribution < 1.29 is 14.3 Å². The number of nitrogens with zero attached hydrogens (tertiary/aromatic N) is 4. The number of hydrogen-bond acceptors (Lipinski definition) is 5. The quantitative estimate of drug-likeness (QED) is 0.680. The van der Waals surface area contributed by atoms with Gasteiger partial charge < -0.3 is 15.0 Å². The predicted octanol–water partition coefficient (Wildman–Crippen LogP) is 3.98. The van der Waals surface area contributed by atoms with Crippen LogP contribution in [0, 0.1) is 0 Å². The number of hydrogen-bond donors (Lipinski definition) is 2. The van der Waals surface area contributed by atoms with Crippen molar-refractivity contribution in [2.45, 2.75) is 32.8 Å². The molecule has 9 nitrogen and oxygen atoms in total. The minimum Gasteiger partial charge on any atom is -0.447 e. The molecule has 1 fully saturated rings. The smallest absolute Gasteiger partial charge is 0.411 e. The Morgan fingerprint density at radius 2 is 1.90 bits per heavy atom. The summed E-state index contributed by atoms with van der Waals surface area (Å²) in [4.78, 5) is 34.8. The molecular weight excluding hydrogens is 384 g/mol. The number of rotatable bonds is 4. The third-order valence-electron chi connectivity index (χ3n) is 4.70. The monoisotopic (exact) mass is 408 g/mol. The lowest BCUT2D eigenvalue weighted by molar-refractivity contribution is 0.130. The van der Waals surface area contributed by atoms with Crippen molar-refractivity contribution in [1.82, 2.24) is 19.3 Å². The van der Waals surface area contributed by atoms with Crippen molar-refractivity contribution in [2.24, 2.45) is 0 Å². The van der Waals surface area contributed by atoms with E-state index in [1.165, 1.54) is 6.20 Å². The van der Waals surface area contributed by atoms with Crippen LogP contribution in [-0.4, -0.2) is 50.6 Å². The fourth-order valence-electron chi connectivity index (χ4n) is 3.33. The van der Waals surface area contributed by atoms with Gasteiger partial charge in [0.2, 0.25) is 5.78 Å². The van der Waals surface area contributed by atoms with Gasteiger partial charge in [-0.05, 0) is 38.8 Å². The molecular formula is C21H24N6O3. The summed E-state index contributed by atoms with van der Waals surface area (Å²) in [6.07, 6.45) is 6.43. The lowest BCUT2D eigenvalue weighted by atomic mass is 10.1. The number of carbonyl (C=O) groups excluding carboxylic acids is 2. The average Bonchev–Trinajstić information content (AvgIpc) is 3.37. The van der Waals surface area contributed by atoms with E-state index < -0.39 is 6.09 Å².